The minimum atomic E-state index is 1.36. The zero-order valence-corrected chi connectivity index (χ0v) is 16.6. The van der Waals surface area contributed by atoms with E-state index in [1.807, 2.05) is 0 Å². The second kappa shape index (κ2) is 5.51. The molecule has 0 saturated heterocycles. The van der Waals surface area contributed by atoms with Gasteiger partial charge in [-0.25, -0.2) is 0 Å². The molecule has 1 aliphatic heterocycles. The predicted molar refractivity (Wildman–Crippen MR) is 108 cm³/mol. The Morgan fingerprint density at radius 2 is 0.750 bits per heavy atom. The highest BCUT2D eigenvalue weighted by Crippen LogP contribution is 2.44. The maximum absolute atomic E-state index is 2.42. The van der Waals surface area contributed by atoms with Crippen LogP contribution in [-0.4, -0.2) is 7.05 Å². The van der Waals surface area contributed by atoms with E-state index in [1.165, 1.54) is 67.0 Å². The van der Waals surface area contributed by atoms with E-state index in [1.54, 1.807) is 0 Å². The molecule has 0 spiro atoms. The van der Waals surface area contributed by atoms with E-state index in [4.69, 9.17) is 0 Å². The van der Waals surface area contributed by atoms with Crippen molar-refractivity contribution in [2.24, 2.45) is 0 Å². The Morgan fingerprint density at radius 1 is 0.458 bits per heavy atom. The molecule has 0 aromatic heterocycles. The molecule has 3 rings (SSSR count). The van der Waals surface area contributed by atoms with E-state index in [0.717, 1.165) is 0 Å². The summed E-state index contributed by atoms with van der Waals surface area (Å²) in [6.45, 7) is 18.0. The van der Waals surface area contributed by atoms with Gasteiger partial charge in [-0.1, -0.05) is 12.2 Å². The van der Waals surface area contributed by atoms with E-state index in [2.05, 4.69) is 79.5 Å². The molecule has 2 aromatic rings. The summed E-state index contributed by atoms with van der Waals surface area (Å²) in [6.07, 6.45) is 4.65. The third-order valence-electron chi connectivity index (χ3n) is 6.49. The van der Waals surface area contributed by atoms with Crippen molar-refractivity contribution in [2.45, 2.75) is 55.4 Å². The number of nitrogens with zero attached hydrogens (tertiary/aromatic N) is 1. The highest BCUT2D eigenvalue weighted by atomic mass is 15.1. The van der Waals surface area contributed by atoms with Crippen LogP contribution in [0.3, 0.4) is 0 Å². The van der Waals surface area contributed by atoms with E-state index in [0.29, 0.717) is 0 Å². The van der Waals surface area contributed by atoms with Gasteiger partial charge in [-0.2, -0.15) is 0 Å². The summed E-state index contributed by atoms with van der Waals surface area (Å²) in [6, 6.07) is 0. The quantitative estimate of drug-likeness (QED) is 0.542. The molecule has 0 atom stereocenters. The lowest BCUT2D eigenvalue weighted by molar-refractivity contribution is 1.10. The fraction of sp³-hybridized carbons (Fsp3) is 0.391. The predicted octanol–water partition coefficient (Wildman–Crippen LogP) is 6.41. The summed E-state index contributed by atoms with van der Waals surface area (Å²) in [5.41, 5.74) is 16.7. The van der Waals surface area contributed by atoms with Crippen LogP contribution in [0.5, 0.6) is 0 Å². The van der Waals surface area contributed by atoms with Crippen LogP contribution in [0.4, 0.5) is 11.4 Å². The molecule has 1 aliphatic rings. The van der Waals surface area contributed by atoms with E-state index in [9.17, 15) is 0 Å². The molecule has 0 amide bonds. The van der Waals surface area contributed by atoms with Crippen molar-refractivity contribution in [3.05, 3.63) is 55.6 Å². The molecule has 24 heavy (non-hydrogen) atoms. The fourth-order valence-corrected chi connectivity index (χ4v) is 4.19. The largest absolute Gasteiger partial charge is 0.343 e. The summed E-state index contributed by atoms with van der Waals surface area (Å²) in [5, 5.41) is 0. The molecule has 0 fully saturated rings. The Morgan fingerprint density at radius 3 is 1.08 bits per heavy atom. The number of fused-ring (bicyclic) bond motifs is 2. The minimum Gasteiger partial charge on any atom is -0.343 e. The Balaban J connectivity index is 2.46. The summed E-state index contributed by atoms with van der Waals surface area (Å²) in [4.78, 5) is 2.42. The first-order valence-electron chi connectivity index (χ1n) is 8.81. The van der Waals surface area contributed by atoms with Crippen molar-refractivity contribution in [2.75, 3.05) is 11.9 Å². The van der Waals surface area contributed by atoms with Crippen LogP contribution in [0.2, 0.25) is 0 Å². The van der Waals surface area contributed by atoms with Gasteiger partial charge < -0.3 is 4.90 Å². The maximum atomic E-state index is 2.42. The van der Waals surface area contributed by atoms with E-state index < -0.39 is 0 Å². The summed E-state index contributed by atoms with van der Waals surface area (Å²) < 4.78 is 0. The number of anilines is 2. The average Bonchev–Trinajstić information content (AvgIpc) is 2.71. The molecule has 0 unspecified atom stereocenters. The van der Waals surface area contributed by atoms with Crippen LogP contribution in [-0.2, 0) is 0 Å². The SMILES string of the molecule is Cc1c(C)c(C)c2c(c1C)C=Cc1c(C)c(C)c(C)c(C)c1N2C. The molecule has 0 aliphatic carbocycles. The first-order valence-corrected chi connectivity index (χ1v) is 8.81. The molecular formula is C23H29N. The maximum Gasteiger partial charge on any atom is 0.0517 e. The first kappa shape index (κ1) is 16.8. The average molecular weight is 319 g/mol. The highest BCUT2D eigenvalue weighted by molar-refractivity contribution is 5.94. The molecule has 0 N–H and O–H groups in total. The van der Waals surface area contributed by atoms with Gasteiger partial charge in [-0.15, -0.1) is 0 Å². The van der Waals surface area contributed by atoms with Crippen molar-refractivity contribution in [3.63, 3.8) is 0 Å². The molecule has 1 heteroatoms. The van der Waals surface area contributed by atoms with Crippen LogP contribution in [0.1, 0.15) is 55.6 Å². The molecule has 2 aromatic carbocycles. The Bertz CT molecular complexity index is 824. The van der Waals surface area contributed by atoms with E-state index >= 15 is 0 Å². The van der Waals surface area contributed by atoms with Gasteiger partial charge in [-0.05, 0) is 99.9 Å². The summed E-state index contributed by atoms with van der Waals surface area (Å²) in [5.74, 6) is 0. The van der Waals surface area contributed by atoms with Crippen molar-refractivity contribution in [3.8, 4) is 0 Å². The standard InChI is InChI=1S/C23H29N/c1-12-14(3)18(7)22-20(16(12)5)10-11-21-17(6)13(2)15(4)19(8)23(21)24(22)9/h10-11H,1-9H3. The van der Waals surface area contributed by atoms with Crippen LogP contribution < -0.4 is 4.90 Å². The topological polar surface area (TPSA) is 3.24 Å². The second-order valence-corrected chi connectivity index (χ2v) is 7.42. The number of rotatable bonds is 0. The molecule has 0 bridgehead atoms. The van der Waals surface area contributed by atoms with Crippen LogP contribution in [0.25, 0.3) is 12.2 Å². The smallest absolute Gasteiger partial charge is 0.0517 e. The highest BCUT2D eigenvalue weighted by Gasteiger charge is 2.24. The number of hydrogen-bond donors (Lipinski definition) is 0. The third kappa shape index (κ3) is 2.07. The number of benzene rings is 2. The van der Waals surface area contributed by atoms with Crippen LogP contribution in [0, 0.1) is 55.4 Å². The molecule has 126 valence electrons. The zero-order valence-electron chi connectivity index (χ0n) is 16.6. The van der Waals surface area contributed by atoms with E-state index in [-0.39, 0.29) is 0 Å². The molecule has 0 radical (unpaired) electrons. The lowest BCUT2D eigenvalue weighted by Crippen LogP contribution is -2.17. The molecule has 1 nitrogen and oxygen atoms in total. The fourth-order valence-electron chi connectivity index (χ4n) is 4.19. The lowest BCUT2D eigenvalue weighted by atomic mass is 9.91. The minimum absolute atomic E-state index is 1.36. The second-order valence-electron chi connectivity index (χ2n) is 7.42. The zero-order chi connectivity index (χ0) is 17.9. The Kier molecular flexibility index (Phi) is 3.86. The van der Waals surface area contributed by atoms with Gasteiger partial charge in [0, 0.05) is 18.2 Å². The van der Waals surface area contributed by atoms with Crippen molar-refractivity contribution >= 4 is 23.5 Å². The van der Waals surface area contributed by atoms with Crippen molar-refractivity contribution < 1.29 is 0 Å². The molecular weight excluding hydrogens is 290 g/mol. The van der Waals surface area contributed by atoms with Crippen LogP contribution >= 0.6 is 0 Å². The van der Waals surface area contributed by atoms with Gasteiger partial charge in [-0.3, -0.25) is 0 Å². The summed E-state index contributed by atoms with van der Waals surface area (Å²) >= 11 is 0. The normalized spacial score (nSPS) is 13.0. The lowest BCUT2D eigenvalue weighted by Gasteiger charge is -2.30. The van der Waals surface area contributed by atoms with Gasteiger partial charge in [0.1, 0.15) is 0 Å². The molecule has 1 heterocycles. The van der Waals surface area contributed by atoms with Crippen molar-refractivity contribution in [1.29, 1.82) is 0 Å². The van der Waals surface area contributed by atoms with Gasteiger partial charge in [0.15, 0.2) is 0 Å². The van der Waals surface area contributed by atoms with Crippen molar-refractivity contribution in [1.82, 2.24) is 0 Å². The Hall–Kier alpha value is -2.02. The van der Waals surface area contributed by atoms with Crippen LogP contribution in [0.15, 0.2) is 0 Å². The van der Waals surface area contributed by atoms with Gasteiger partial charge >= 0.3 is 0 Å². The Labute approximate surface area is 147 Å². The summed E-state index contributed by atoms with van der Waals surface area (Å²) in [7, 11) is 2.23. The van der Waals surface area contributed by atoms with Gasteiger partial charge in [0.2, 0.25) is 0 Å². The third-order valence-corrected chi connectivity index (χ3v) is 6.49. The number of hydrogen-bond acceptors (Lipinski definition) is 1. The van der Waals surface area contributed by atoms with Gasteiger partial charge in [0.25, 0.3) is 0 Å². The first-order chi connectivity index (χ1) is 11.2. The molecule has 0 saturated carbocycles. The van der Waals surface area contributed by atoms with Gasteiger partial charge in [0.05, 0.1) is 11.4 Å². The monoisotopic (exact) mass is 319 g/mol.